The molecule has 0 amide bonds. The second-order valence-electron chi connectivity index (χ2n) is 10.1. The first-order chi connectivity index (χ1) is 20.3. The van der Waals surface area contributed by atoms with Gasteiger partial charge < -0.3 is 9.32 Å². The molecule has 8 aromatic rings. The third-order valence-corrected chi connectivity index (χ3v) is 8.81. The molecule has 2 aromatic heterocycles. The number of hydrogen-bond donors (Lipinski definition) is 0. The molecule has 0 saturated heterocycles. The van der Waals surface area contributed by atoms with Crippen LogP contribution in [0.2, 0.25) is 0 Å². The number of benzene rings is 6. The van der Waals surface area contributed by atoms with Crippen molar-refractivity contribution < 1.29 is 4.42 Å². The number of rotatable bonds is 4. The van der Waals surface area contributed by atoms with Gasteiger partial charge >= 0.3 is 0 Å². The van der Waals surface area contributed by atoms with Gasteiger partial charge in [0.25, 0.3) is 0 Å². The van der Waals surface area contributed by atoms with E-state index in [-0.39, 0.29) is 0 Å². The van der Waals surface area contributed by atoms with Crippen LogP contribution >= 0.6 is 11.3 Å². The zero-order valence-electron chi connectivity index (χ0n) is 21.9. The van der Waals surface area contributed by atoms with Gasteiger partial charge in [0.05, 0.1) is 28.4 Å². The van der Waals surface area contributed by atoms with Crippen molar-refractivity contribution in [3.05, 3.63) is 139 Å². The zero-order valence-corrected chi connectivity index (χ0v) is 22.7. The SMILES string of the molecule is N#Cc1cccc(-c2ccc3sc4cccc(N(c5ccccc5)c5cccc6oc7ccccc7c56)c4c3c2)c1. The Balaban J connectivity index is 1.44. The summed E-state index contributed by atoms with van der Waals surface area (Å²) < 4.78 is 8.75. The summed E-state index contributed by atoms with van der Waals surface area (Å²) in [4.78, 5) is 2.36. The Bertz CT molecular complexity index is 2290. The maximum Gasteiger partial charge on any atom is 0.137 e. The predicted molar refractivity (Wildman–Crippen MR) is 171 cm³/mol. The maximum absolute atomic E-state index is 9.47. The van der Waals surface area contributed by atoms with Crippen molar-refractivity contribution in [2.24, 2.45) is 0 Å². The van der Waals surface area contributed by atoms with Crippen molar-refractivity contribution in [1.82, 2.24) is 0 Å². The number of furan rings is 1. The Labute approximate surface area is 240 Å². The van der Waals surface area contributed by atoms with E-state index in [0.29, 0.717) is 5.56 Å². The fraction of sp³-hybridized carbons (Fsp3) is 0. The molecule has 0 spiro atoms. The normalized spacial score (nSPS) is 11.4. The summed E-state index contributed by atoms with van der Waals surface area (Å²) in [5, 5.41) is 14.1. The summed E-state index contributed by atoms with van der Waals surface area (Å²) in [6, 6.07) is 48.4. The largest absolute Gasteiger partial charge is 0.456 e. The molecule has 4 heteroatoms. The molecule has 0 aliphatic heterocycles. The number of nitrogens with zero attached hydrogens (tertiary/aromatic N) is 2. The summed E-state index contributed by atoms with van der Waals surface area (Å²) in [7, 11) is 0. The lowest BCUT2D eigenvalue weighted by atomic mass is 10.00. The van der Waals surface area contributed by atoms with E-state index in [2.05, 4.69) is 108 Å². The van der Waals surface area contributed by atoms with Crippen LogP contribution in [-0.4, -0.2) is 0 Å². The van der Waals surface area contributed by atoms with E-state index in [1.165, 1.54) is 20.2 Å². The summed E-state index contributed by atoms with van der Waals surface area (Å²) in [6.45, 7) is 0. The average Bonchev–Trinajstić information content (AvgIpc) is 3.60. The van der Waals surface area contributed by atoms with E-state index in [0.717, 1.165) is 50.1 Å². The number of anilines is 3. The molecule has 0 radical (unpaired) electrons. The lowest BCUT2D eigenvalue weighted by Crippen LogP contribution is -2.10. The first-order valence-electron chi connectivity index (χ1n) is 13.5. The van der Waals surface area contributed by atoms with Crippen LogP contribution in [0.4, 0.5) is 17.1 Å². The fourth-order valence-electron chi connectivity index (χ4n) is 5.87. The Hall–Kier alpha value is -5.37. The first kappa shape index (κ1) is 23.5. The number of nitriles is 1. The number of hydrogen-bond acceptors (Lipinski definition) is 4. The van der Waals surface area contributed by atoms with E-state index >= 15 is 0 Å². The van der Waals surface area contributed by atoms with Crippen LogP contribution in [-0.2, 0) is 0 Å². The van der Waals surface area contributed by atoms with Gasteiger partial charge in [-0.3, -0.25) is 0 Å². The standard InChI is InChI=1S/C37H22N2OS/c38-23-24-9-6-10-25(21-24)26-19-20-34-29(22-26)37-31(15-8-18-35(37)41-34)39(27-11-2-1-3-12-27)30-14-7-17-33-36(30)28-13-4-5-16-32(28)40-33/h1-22H. The lowest BCUT2D eigenvalue weighted by Gasteiger charge is -2.27. The van der Waals surface area contributed by atoms with Crippen LogP contribution in [0.5, 0.6) is 0 Å². The maximum atomic E-state index is 9.47. The minimum Gasteiger partial charge on any atom is -0.456 e. The second kappa shape index (κ2) is 9.38. The smallest absolute Gasteiger partial charge is 0.137 e. The Morgan fingerprint density at radius 2 is 1.29 bits per heavy atom. The van der Waals surface area contributed by atoms with Gasteiger partial charge in [-0.2, -0.15) is 5.26 Å². The number of para-hydroxylation sites is 2. The van der Waals surface area contributed by atoms with Gasteiger partial charge in [-0.05, 0) is 77.9 Å². The van der Waals surface area contributed by atoms with Crippen LogP contribution in [0.25, 0.3) is 53.2 Å². The Kier molecular flexibility index (Phi) is 5.38. The highest BCUT2D eigenvalue weighted by Crippen LogP contribution is 2.48. The van der Waals surface area contributed by atoms with Crippen LogP contribution < -0.4 is 4.90 Å². The van der Waals surface area contributed by atoms with Crippen molar-refractivity contribution in [3.8, 4) is 17.2 Å². The molecular weight excluding hydrogens is 520 g/mol. The van der Waals surface area contributed by atoms with E-state index < -0.39 is 0 Å². The highest BCUT2D eigenvalue weighted by atomic mass is 32.1. The Morgan fingerprint density at radius 1 is 0.561 bits per heavy atom. The fourth-order valence-corrected chi connectivity index (χ4v) is 6.98. The minimum absolute atomic E-state index is 0.661. The highest BCUT2D eigenvalue weighted by Gasteiger charge is 2.22. The summed E-state index contributed by atoms with van der Waals surface area (Å²) in [6.07, 6.45) is 0. The van der Waals surface area contributed by atoms with Crippen molar-refractivity contribution >= 4 is 70.5 Å². The molecular formula is C37H22N2OS. The zero-order chi connectivity index (χ0) is 27.3. The third-order valence-electron chi connectivity index (χ3n) is 7.67. The molecule has 192 valence electrons. The number of thiophene rings is 1. The molecule has 0 fully saturated rings. The summed E-state index contributed by atoms with van der Waals surface area (Å²) in [5.41, 5.74) is 7.81. The number of fused-ring (bicyclic) bond motifs is 6. The first-order valence-corrected chi connectivity index (χ1v) is 14.3. The van der Waals surface area contributed by atoms with Crippen molar-refractivity contribution in [2.45, 2.75) is 0 Å². The van der Waals surface area contributed by atoms with Gasteiger partial charge in [-0.25, -0.2) is 0 Å². The molecule has 0 aliphatic carbocycles. The average molecular weight is 543 g/mol. The van der Waals surface area contributed by atoms with Gasteiger partial charge in [0.15, 0.2) is 0 Å². The molecule has 0 atom stereocenters. The summed E-state index contributed by atoms with van der Waals surface area (Å²) in [5.74, 6) is 0. The van der Waals surface area contributed by atoms with Crippen molar-refractivity contribution in [3.63, 3.8) is 0 Å². The van der Waals surface area contributed by atoms with Gasteiger partial charge in [-0.1, -0.05) is 66.7 Å². The van der Waals surface area contributed by atoms with Gasteiger partial charge in [0.1, 0.15) is 11.2 Å². The van der Waals surface area contributed by atoms with Crippen LogP contribution in [0, 0.1) is 11.3 Å². The minimum atomic E-state index is 0.661. The Morgan fingerprint density at radius 3 is 2.17 bits per heavy atom. The van der Waals surface area contributed by atoms with Gasteiger partial charge in [-0.15, -0.1) is 11.3 Å². The quantitative estimate of drug-likeness (QED) is 0.222. The van der Waals surface area contributed by atoms with Crippen LogP contribution in [0.15, 0.2) is 138 Å². The second-order valence-corrected chi connectivity index (χ2v) is 11.2. The third kappa shape index (κ3) is 3.79. The van der Waals surface area contributed by atoms with Crippen LogP contribution in [0.1, 0.15) is 5.56 Å². The molecule has 2 heterocycles. The highest BCUT2D eigenvalue weighted by molar-refractivity contribution is 7.26. The monoisotopic (exact) mass is 542 g/mol. The van der Waals surface area contributed by atoms with Crippen LogP contribution in [0.3, 0.4) is 0 Å². The molecule has 0 unspecified atom stereocenters. The molecule has 8 rings (SSSR count). The van der Waals surface area contributed by atoms with Crippen molar-refractivity contribution in [2.75, 3.05) is 4.90 Å². The van der Waals surface area contributed by atoms with E-state index in [1.54, 1.807) is 11.3 Å². The predicted octanol–water partition coefficient (Wildman–Crippen LogP) is 11.0. The lowest BCUT2D eigenvalue weighted by molar-refractivity contribution is 0.669. The van der Waals surface area contributed by atoms with E-state index in [4.69, 9.17) is 4.42 Å². The van der Waals surface area contributed by atoms with Gasteiger partial charge in [0, 0.05) is 31.2 Å². The van der Waals surface area contributed by atoms with E-state index in [1.807, 2.05) is 36.4 Å². The topological polar surface area (TPSA) is 40.2 Å². The van der Waals surface area contributed by atoms with Crippen molar-refractivity contribution in [1.29, 1.82) is 5.26 Å². The van der Waals surface area contributed by atoms with Gasteiger partial charge in [0.2, 0.25) is 0 Å². The molecule has 0 N–H and O–H groups in total. The summed E-state index contributed by atoms with van der Waals surface area (Å²) >= 11 is 1.81. The van der Waals surface area contributed by atoms with E-state index in [9.17, 15) is 5.26 Å². The molecule has 0 saturated carbocycles. The molecule has 6 aromatic carbocycles. The molecule has 0 bridgehead atoms. The molecule has 3 nitrogen and oxygen atoms in total. The molecule has 41 heavy (non-hydrogen) atoms. The molecule has 0 aliphatic rings.